The summed E-state index contributed by atoms with van der Waals surface area (Å²) < 4.78 is 1.80. The molecule has 192 valence electrons. The number of fused-ring (bicyclic) bond motifs is 1. The predicted molar refractivity (Wildman–Crippen MR) is 150 cm³/mol. The quantitative estimate of drug-likeness (QED) is 0.292. The van der Waals surface area contributed by atoms with Crippen LogP contribution in [0.25, 0.3) is 26.0 Å². The largest absolute Gasteiger partial charge is 0.349 e. The number of nitrogens with one attached hydrogen (secondary N) is 1. The fourth-order valence-corrected chi connectivity index (χ4v) is 6.81. The Morgan fingerprint density at radius 3 is 2.87 bits per heavy atom. The van der Waals surface area contributed by atoms with E-state index in [1.165, 1.54) is 22.7 Å². The molecule has 5 aromatic rings. The normalized spacial score (nSPS) is 15.3. The summed E-state index contributed by atoms with van der Waals surface area (Å²) in [5.41, 5.74) is 3.29. The number of pyridine rings is 1. The van der Waals surface area contributed by atoms with E-state index in [2.05, 4.69) is 15.3 Å². The standard InChI is InChI=1S/C27H23ClN6O2S2/c1-16-22(34-11-12-37-27(34)31-16)24(35)30-15-20-8-4-10-33(20)26(36)21-23(17-5-2-7-19(28)13-17)38-25(32-21)18-6-3-9-29-14-18/h2-3,5-7,9,11-14,20H,4,8,10,15H2,1H3,(H,30,35)/t20-/m0/s1. The summed E-state index contributed by atoms with van der Waals surface area (Å²) in [5, 5.41) is 6.25. The van der Waals surface area contributed by atoms with Gasteiger partial charge in [0, 0.05) is 53.7 Å². The highest BCUT2D eigenvalue weighted by atomic mass is 35.5. The number of carbonyl (C=O) groups excluding carboxylic acids is 2. The topological polar surface area (TPSA) is 92.5 Å². The summed E-state index contributed by atoms with van der Waals surface area (Å²) in [6, 6.07) is 11.1. The van der Waals surface area contributed by atoms with Gasteiger partial charge in [0.1, 0.15) is 16.4 Å². The van der Waals surface area contributed by atoms with Crippen molar-refractivity contribution >= 4 is 51.0 Å². The number of nitrogens with zero attached hydrogens (tertiary/aromatic N) is 5. The van der Waals surface area contributed by atoms with Crippen LogP contribution in [0.4, 0.5) is 0 Å². The molecule has 0 aliphatic carbocycles. The van der Waals surface area contributed by atoms with Gasteiger partial charge in [-0.2, -0.15) is 0 Å². The van der Waals surface area contributed by atoms with Gasteiger partial charge >= 0.3 is 0 Å². The number of amides is 2. The van der Waals surface area contributed by atoms with Gasteiger partial charge in [0.15, 0.2) is 4.96 Å². The number of hydrogen-bond donors (Lipinski definition) is 1. The number of carbonyl (C=O) groups is 2. The molecule has 1 atom stereocenters. The Morgan fingerprint density at radius 1 is 1.18 bits per heavy atom. The number of halogens is 1. The number of aryl methyl sites for hydroxylation is 1. The number of aromatic nitrogens is 4. The maximum atomic E-state index is 13.9. The van der Waals surface area contributed by atoms with E-state index < -0.39 is 0 Å². The summed E-state index contributed by atoms with van der Waals surface area (Å²) in [6.45, 7) is 2.79. The lowest BCUT2D eigenvalue weighted by atomic mass is 10.1. The average molecular weight is 563 g/mol. The second-order valence-electron chi connectivity index (χ2n) is 9.05. The van der Waals surface area contributed by atoms with Gasteiger partial charge < -0.3 is 10.2 Å². The van der Waals surface area contributed by atoms with Gasteiger partial charge in [-0.1, -0.05) is 23.7 Å². The van der Waals surface area contributed by atoms with Crippen LogP contribution in [0.3, 0.4) is 0 Å². The maximum Gasteiger partial charge on any atom is 0.274 e. The highest BCUT2D eigenvalue weighted by Gasteiger charge is 2.33. The van der Waals surface area contributed by atoms with Gasteiger partial charge in [0.2, 0.25) is 0 Å². The maximum absolute atomic E-state index is 13.9. The van der Waals surface area contributed by atoms with E-state index in [0.717, 1.165) is 38.8 Å². The minimum atomic E-state index is -0.195. The minimum absolute atomic E-state index is 0.131. The van der Waals surface area contributed by atoms with Gasteiger partial charge in [0.05, 0.1) is 10.6 Å². The van der Waals surface area contributed by atoms with Crippen molar-refractivity contribution in [3.8, 4) is 21.0 Å². The number of hydrogen-bond acceptors (Lipinski definition) is 7. The van der Waals surface area contributed by atoms with Crippen molar-refractivity contribution in [2.75, 3.05) is 13.1 Å². The Bertz CT molecular complexity index is 1640. The summed E-state index contributed by atoms with van der Waals surface area (Å²) in [7, 11) is 0. The molecule has 11 heteroatoms. The fraction of sp³-hybridized carbons (Fsp3) is 0.222. The van der Waals surface area contributed by atoms with Crippen LogP contribution < -0.4 is 5.32 Å². The Kier molecular flexibility index (Phi) is 6.69. The lowest BCUT2D eigenvalue weighted by Crippen LogP contribution is -2.43. The first kappa shape index (κ1) is 24.7. The van der Waals surface area contributed by atoms with E-state index >= 15 is 0 Å². The van der Waals surface area contributed by atoms with Gasteiger partial charge in [-0.15, -0.1) is 22.7 Å². The van der Waals surface area contributed by atoms with E-state index in [9.17, 15) is 9.59 Å². The molecule has 0 unspecified atom stereocenters. The zero-order valence-corrected chi connectivity index (χ0v) is 22.8. The van der Waals surface area contributed by atoms with Crippen LogP contribution in [0.2, 0.25) is 5.02 Å². The number of benzene rings is 1. The second-order valence-corrected chi connectivity index (χ2v) is 11.4. The molecular weight excluding hydrogens is 540 g/mol. The third kappa shape index (κ3) is 4.59. The van der Waals surface area contributed by atoms with Crippen LogP contribution in [0, 0.1) is 6.92 Å². The molecule has 1 fully saturated rings. The molecule has 38 heavy (non-hydrogen) atoms. The van der Waals surface area contributed by atoms with Crippen LogP contribution >= 0.6 is 34.3 Å². The second kappa shape index (κ2) is 10.3. The zero-order chi connectivity index (χ0) is 26.2. The first-order valence-corrected chi connectivity index (χ1v) is 14.3. The fourth-order valence-electron chi connectivity index (χ4n) is 4.82. The van der Waals surface area contributed by atoms with Crippen molar-refractivity contribution < 1.29 is 9.59 Å². The minimum Gasteiger partial charge on any atom is -0.349 e. The van der Waals surface area contributed by atoms with Crippen molar-refractivity contribution in [1.82, 2.24) is 29.6 Å². The zero-order valence-electron chi connectivity index (χ0n) is 20.4. The monoisotopic (exact) mass is 562 g/mol. The highest BCUT2D eigenvalue weighted by Crippen LogP contribution is 2.37. The van der Waals surface area contributed by atoms with Crippen LogP contribution in [0.15, 0.2) is 60.4 Å². The van der Waals surface area contributed by atoms with Gasteiger partial charge in [-0.3, -0.25) is 19.0 Å². The highest BCUT2D eigenvalue weighted by molar-refractivity contribution is 7.18. The molecule has 1 saturated heterocycles. The van der Waals surface area contributed by atoms with Gasteiger partial charge in [0.25, 0.3) is 11.8 Å². The molecule has 0 radical (unpaired) electrons. The molecule has 1 N–H and O–H groups in total. The lowest BCUT2D eigenvalue weighted by molar-refractivity contribution is 0.0720. The molecule has 1 aromatic carbocycles. The smallest absolute Gasteiger partial charge is 0.274 e. The van der Waals surface area contributed by atoms with Crippen LogP contribution in [-0.4, -0.2) is 55.2 Å². The molecular formula is C27H23ClN6O2S2. The molecule has 1 aliphatic rings. The van der Waals surface area contributed by atoms with E-state index in [4.69, 9.17) is 16.6 Å². The third-order valence-corrected chi connectivity index (χ3v) is 8.76. The summed E-state index contributed by atoms with van der Waals surface area (Å²) >= 11 is 9.22. The predicted octanol–water partition coefficient (Wildman–Crippen LogP) is 5.58. The molecule has 0 saturated carbocycles. The van der Waals surface area contributed by atoms with Crippen molar-refractivity contribution in [2.24, 2.45) is 0 Å². The molecule has 8 nitrogen and oxygen atoms in total. The van der Waals surface area contributed by atoms with E-state index in [1.54, 1.807) is 22.9 Å². The Morgan fingerprint density at radius 2 is 2.05 bits per heavy atom. The van der Waals surface area contributed by atoms with Crippen LogP contribution in [0.5, 0.6) is 0 Å². The van der Waals surface area contributed by atoms with E-state index in [1.807, 2.05) is 53.7 Å². The van der Waals surface area contributed by atoms with Crippen LogP contribution in [0.1, 0.15) is 39.5 Å². The number of imidazole rings is 1. The van der Waals surface area contributed by atoms with Crippen molar-refractivity contribution in [1.29, 1.82) is 0 Å². The number of likely N-dealkylation sites (tertiary alicyclic amines) is 1. The van der Waals surface area contributed by atoms with E-state index in [0.29, 0.717) is 35.2 Å². The summed E-state index contributed by atoms with van der Waals surface area (Å²) in [4.78, 5) is 43.9. The van der Waals surface area contributed by atoms with Crippen LogP contribution in [-0.2, 0) is 0 Å². The molecule has 2 amide bonds. The third-order valence-electron chi connectivity index (χ3n) is 6.61. The lowest BCUT2D eigenvalue weighted by Gasteiger charge is -2.24. The Balaban J connectivity index is 1.27. The van der Waals surface area contributed by atoms with Crippen molar-refractivity contribution in [3.05, 3.63) is 82.5 Å². The first-order valence-electron chi connectivity index (χ1n) is 12.2. The number of rotatable bonds is 6. The summed E-state index contributed by atoms with van der Waals surface area (Å²) in [6.07, 6.45) is 6.96. The molecule has 0 bridgehead atoms. The molecule has 6 rings (SSSR count). The summed E-state index contributed by atoms with van der Waals surface area (Å²) in [5.74, 6) is -0.344. The van der Waals surface area contributed by atoms with Crippen molar-refractivity contribution in [3.63, 3.8) is 0 Å². The molecule has 4 aromatic heterocycles. The van der Waals surface area contributed by atoms with E-state index in [-0.39, 0.29) is 17.9 Å². The molecule has 1 aliphatic heterocycles. The Hall–Kier alpha value is -3.60. The first-order chi connectivity index (χ1) is 18.5. The molecule has 0 spiro atoms. The molecule has 5 heterocycles. The SMILES string of the molecule is Cc1nc2sccn2c1C(=O)NC[C@@H]1CCCN1C(=O)c1nc(-c2cccnc2)sc1-c1cccc(Cl)c1. The van der Waals surface area contributed by atoms with Crippen molar-refractivity contribution in [2.45, 2.75) is 25.8 Å². The Labute approximate surface area is 232 Å². The van der Waals surface area contributed by atoms with Gasteiger partial charge in [-0.05, 0) is 49.6 Å². The number of thiazole rings is 2. The van der Waals surface area contributed by atoms with Gasteiger partial charge in [-0.25, -0.2) is 9.97 Å². The average Bonchev–Trinajstić information content (AvgIpc) is 3.71.